The van der Waals surface area contributed by atoms with Crippen LogP contribution in [0, 0.1) is 5.41 Å². The zero-order valence-electron chi connectivity index (χ0n) is 11.3. The average Bonchev–Trinajstić information content (AvgIpc) is 2.73. The van der Waals surface area contributed by atoms with Crippen LogP contribution in [0.15, 0.2) is 12.2 Å². The minimum atomic E-state index is -0.238. The SMILES string of the molecule is C=C1CCC2(COCO2)CC1(C)CC(=O)OCC. The zero-order chi connectivity index (χ0) is 13.2. The summed E-state index contributed by atoms with van der Waals surface area (Å²) in [7, 11) is 0. The molecule has 2 fully saturated rings. The van der Waals surface area contributed by atoms with Gasteiger partial charge in [0.05, 0.1) is 25.2 Å². The van der Waals surface area contributed by atoms with Crippen molar-refractivity contribution in [3.8, 4) is 0 Å². The fourth-order valence-electron chi connectivity index (χ4n) is 3.01. The maximum absolute atomic E-state index is 11.7. The number of ether oxygens (including phenoxy) is 3. The van der Waals surface area contributed by atoms with Crippen molar-refractivity contribution in [3.05, 3.63) is 12.2 Å². The Morgan fingerprint density at radius 2 is 2.33 bits per heavy atom. The van der Waals surface area contributed by atoms with E-state index >= 15 is 0 Å². The largest absolute Gasteiger partial charge is 0.466 e. The molecule has 0 aromatic rings. The van der Waals surface area contributed by atoms with Crippen LogP contribution < -0.4 is 0 Å². The van der Waals surface area contributed by atoms with E-state index in [1.165, 1.54) is 0 Å². The molecule has 0 N–H and O–H groups in total. The van der Waals surface area contributed by atoms with Gasteiger partial charge in [0.15, 0.2) is 0 Å². The van der Waals surface area contributed by atoms with Crippen LogP contribution in [-0.2, 0) is 19.0 Å². The van der Waals surface area contributed by atoms with Gasteiger partial charge in [-0.25, -0.2) is 0 Å². The van der Waals surface area contributed by atoms with Gasteiger partial charge in [-0.15, -0.1) is 0 Å². The summed E-state index contributed by atoms with van der Waals surface area (Å²) in [6.45, 7) is 9.44. The molecule has 4 nitrogen and oxygen atoms in total. The van der Waals surface area contributed by atoms with E-state index in [0.717, 1.165) is 24.8 Å². The van der Waals surface area contributed by atoms with Crippen molar-refractivity contribution < 1.29 is 19.0 Å². The van der Waals surface area contributed by atoms with E-state index in [1.807, 2.05) is 6.92 Å². The van der Waals surface area contributed by atoms with Crippen LogP contribution in [0.2, 0.25) is 0 Å². The molecule has 2 rings (SSSR count). The minimum absolute atomic E-state index is 0.155. The van der Waals surface area contributed by atoms with Gasteiger partial charge in [0.1, 0.15) is 6.79 Å². The Labute approximate surface area is 108 Å². The molecule has 0 aromatic heterocycles. The van der Waals surface area contributed by atoms with E-state index in [-0.39, 0.29) is 17.0 Å². The number of carbonyl (C=O) groups excluding carboxylic acids is 1. The summed E-state index contributed by atoms with van der Waals surface area (Å²) in [4.78, 5) is 11.7. The van der Waals surface area contributed by atoms with E-state index in [2.05, 4.69) is 13.5 Å². The van der Waals surface area contributed by atoms with Gasteiger partial charge in [-0.05, 0) is 26.2 Å². The van der Waals surface area contributed by atoms with E-state index < -0.39 is 0 Å². The average molecular weight is 254 g/mol. The van der Waals surface area contributed by atoms with Gasteiger partial charge in [-0.1, -0.05) is 19.1 Å². The standard InChI is InChI=1S/C14H22O4/c1-4-17-12(15)7-13(3)8-14(6-5-11(13)2)9-16-10-18-14/h2,4-10H2,1,3H3. The quantitative estimate of drug-likeness (QED) is 0.573. The third kappa shape index (κ3) is 2.59. The summed E-state index contributed by atoms with van der Waals surface area (Å²) in [5, 5.41) is 0. The first-order valence-electron chi connectivity index (χ1n) is 6.55. The Hall–Kier alpha value is -0.870. The van der Waals surface area contributed by atoms with Crippen LogP contribution in [0.5, 0.6) is 0 Å². The van der Waals surface area contributed by atoms with Gasteiger partial charge in [0.2, 0.25) is 0 Å². The first-order chi connectivity index (χ1) is 8.50. The number of allylic oxidation sites excluding steroid dienone is 1. The lowest BCUT2D eigenvalue weighted by molar-refractivity contribution is -0.146. The van der Waals surface area contributed by atoms with Crippen molar-refractivity contribution in [2.24, 2.45) is 5.41 Å². The molecule has 2 atom stereocenters. The predicted octanol–water partition coefficient (Wildman–Crippen LogP) is 2.43. The van der Waals surface area contributed by atoms with Crippen molar-refractivity contribution in [3.63, 3.8) is 0 Å². The van der Waals surface area contributed by atoms with Crippen molar-refractivity contribution in [1.29, 1.82) is 0 Å². The number of esters is 1. The topological polar surface area (TPSA) is 44.8 Å². The van der Waals surface area contributed by atoms with E-state index in [0.29, 0.717) is 26.4 Å². The highest BCUT2D eigenvalue weighted by molar-refractivity contribution is 5.71. The molecule has 1 saturated carbocycles. The highest BCUT2D eigenvalue weighted by Crippen LogP contribution is 2.49. The van der Waals surface area contributed by atoms with Gasteiger partial charge in [0, 0.05) is 5.41 Å². The van der Waals surface area contributed by atoms with E-state index in [1.54, 1.807) is 0 Å². The van der Waals surface area contributed by atoms with Crippen molar-refractivity contribution in [2.45, 2.75) is 45.1 Å². The highest BCUT2D eigenvalue weighted by Gasteiger charge is 2.48. The zero-order valence-corrected chi connectivity index (χ0v) is 11.3. The molecule has 1 saturated heterocycles. The summed E-state index contributed by atoms with van der Waals surface area (Å²) in [6, 6.07) is 0. The first kappa shape index (κ1) is 13.6. The fraction of sp³-hybridized carbons (Fsp3) is 0.786. The van der Waals surface area contributed by atoms with Gasteiger partial charge in [0.25, 0.3) is 0 Å². The summed E-state index contributed by atoms with van der Waals surface area (Å²) < 4.78 is 16.2. The third-order valence-electron chi connectivity index (χ3n) is 4.10. The Bertz CT molecular complexity index is 344. The third-order valence-corrected chi connectivity index (χ3v) is 4.10. The molecular weight excluding hydrogens is 232 g/mol. The molecule has 1 spiro atoms. The van der Waals surface area contributed by atoms with Gasteiger partial charge in [-0.3, -0.25) is 4.79 Å². The van der Waals surface area contributed by atoms with Crippen molar-refractivity contribution in [2.75, 3.05) is 20.0 Å². The van der Waals surface area contributed by atoms with Gasteiger partial charge >= 0.3 is 5.97 Å². The molecule has 0 radical (unpaired) electrons. The molecule has 18 heavy (non-hydrogen) atoms. The monoisotopic (exact) mass is 254 g/mol. The fourth-order valence-corrected chi connectivity index (χ4v) is 3.01. The normalized spacial score (nSPS) is 36.0. The summed E-state index contributed by atoms with van der Waals surface area (Å²) in [5.74, 6) is -0.155. The van der Waals surface area contributed by atoms with E-state index in [4.69, 9.17) is 14.2 Å². The molecule has 102 valence electrons. The molecule has 4 heteroatoms. The van der Waals surface area contributed by atoms with Gasteiger partial charge in [-0.2, -0.15) is 0 Å². The second-order valence-electron chi connectivity index (χ2n) is 5.62. The molecule has 1 aliphatic carbocycles. The molecule has 1 aliphatic heterocycles. The minimum Gasteiger partial charge on any atom is -0.466 e. The molecule has 1 heterocycles. The maximum atomic E-state index is 11.7. The first-order valence-corrected chi connectivity index (χ1v) is 6.55. The molecule has 2 aliphatic rings. The number of rotatable bonds is 3. The van der Waals surface area contributed by atoms with E-state index in [9.17, 15) is 4.79 Å². The smallest absolute Gasteiger partial charge is 0.306 e. The van der Waals surface area contributed by atoms with Crippen LogP contribution >= 0.6 is 0 Å². The Morgan fingerprint density at radius 1 is 1.56 bits per heavy atom. The number of carbonyl (C=O) groups is 1. The molecule has 0 amide bonds. The number of hydrogen-bond acceptors (Lipinski definition) is 4. The van der Waals surface area contributed by atoms with Crippen LogP contribution in [-0.4, -0.2) is 31.6 Å². The molecule has 0 aromatic carbocycles. The lowest BCUT2D eigenvalue weighted by Gasteiger charge is -2.44. The molecule has 0 bridgehead atoms. The molecular formula is C14H22O4. The summed E-state index contributed by atoms with van der Waals surface area (Å²) in [5.41, 5.74) is 0.664. The Morgan fingerprint density at radius 3 is 2.94 bits per heavy atom. The summed E-state index contributed by atoms with van der Waals surface area (Å²) in [6.07, 6.45) is 2.99. The predicted molar refractivity (Wildman–Crippen MR) is 67.0 cm³/mol. The van der Waals surface area contributed by atoms with Gasteiger partial charge < -0.3 is 14.2 Å². The Balaban J connectivity index is 2.08. The van der Waals surface area contributed by atoms with Crippen molar-refractivity contribution in [1.82, 2.24) is 0 Å². The highest BCUT2D eigenvalue weighted by atomic mass is 16.7. The summed E-state index contributed by atoms with van der Waals surface area (Å²) >= 11 is 0. The lowest BCUT2D eigenvalue weighted by atomic mass is 9.64. The second kappa shape index (κ2) is 5.02. The van der Waals surface area contributed by atoms with Crippen LogP contribution in [0.25, 0.3) is 0 Å². The number of hydrogen-bond donors (Lipinski definition) is 0. The Kier molecular flexibility index (Phi) is 3.78. The van der Waals surface area contributed by atoms with Crippen molar-refractivity contribution >= 4 is 5.97 Å². The second-order valence-corrected chi connectivity index (χ2v) is 5.62. The lowest BCUT2D eigenvalue weighted by Crippen LogP contribution is -2.44. The van der Waals surface area contributed by atoms with Crippen LogP contribution in [0.3, 0.4) is 0 Å². The van der Waals surface area contributed by atoms with Crippen LogP contribution in [0.1, 0.15) is 39.5 Å². The maximum Gasteiger partial charge on any atom is 0.306 e. The van der Waals surface area contributed by atoms with Crippen LogP contribution in [0.4, 0.5) is 0 Å². The molecule has 2 unspecified atom stereocenters.